The van der Waals surface area contributed by atoms with Gasteiger partial charge in [-0.3, -0.25) is 4.79 Å². The normalized spacial score (nSPS) is 17.4. The smallest absolute Gasteiger partial charge is 0.534 e. The van der Waals surface area contributed by atoms with E-state index in [9.17, 15) is 28.4 Å². The maximum Gasteiger partial charge on any atom is 0.547 e. The Hall–Kier alpha value is -1.66. The standard InChI is InChI=1S/C13H19BN2O7S/c1-15-24(21,22)6-5-11(17)16-10-7-8-3-2-4-9(13(18)19)12(8)23-14(10)20/h2-4,10,13,15,18-20H,5-7H2,1H3,(H,16,17)/t10-/m0/s1. The molecule has 0 aliphatic carbocycles. The van der Waals surface area contributed by atoms with Gasteiger partial charge < -0.3 is 25.2 Å². The van der Waals surface area contributed by atoms with Crippen LogP contribution >= 0.6 is 0 Å². The Kier molecular flexibility index (Phi) is 5.83. The van der Waals surface area contributed by atoms with Gasteiger partial charge in [0.05, 0.1) is 11.7 Å². The van der Waals surface area contributed by atoms with E-state index in [-0.39, 0.29) is 29.9 Å². The summed E-state index contributed by atoms with van der Waals surface area (Å²) in [7, 11) is -3.62. The van der Waals surface area contributed by atoms with Crippen LogP contribution in [0.2, 0.25) is 0 Å². The minimum Gasteiger partial charge on any atom is -0.534 e. The van der Waals surface area contributed by atoms with Crippen molar-refractivity contribution in [1.29, 1.82) is 0 Å². The second-order valence-electron chi connectivity index (χ2n) is 5.37. The number of aliphatic hydroxyl groups is 2. The number of hydrogen-bond donors (Lipinski definition) is 5. The summed E-state index contributed by atoms with van der Waals surface area (Å²) in [6, 6.07) is 4.74. The highest BCUT2D eigenvalue weighted by molar-refractivity contribution is 7.89. The van der Waals surface area contributed by atoms with Crippen molar-refractivity contribution in [2.75, 3.05) is 12.8 Å². The molecule has 0 spiro atoms. The molecule has 0 bridgehead atoms. The molecule has 0 fully saturated rings. The van der Waals surface area contributed by atoms with Crippen LogP contribution in [0, 0.1) is 0 Å². The van der Waals surface area contributed by atoms with Gasteiger partial charge in [0.2, 0.25) is 15.9 Å². The van der Waals surface area contributed by atoms with Crippen molar-refractivity contribution in [3.63, 3.8) is 0 Å². The lowest BCUT2D eigenvalue weighted by molar-refractivity contribution is -0.121. The maximum absolute atomic E-state index is 11.9. The predicted molar refractivity (Wildman–Crippen MR) is 85.3 cm³/mol. The number of fused-ring (bicyclic) bond motifs is 1. The van der Waals surface area contributed by atoms with Crippen molar-refractivity contribution in [2.45, 2.75) is 25.1 Å². The lowest BCUT2D eigenvalue weighted by atomic mass is 9.72. The van der Waals surface area contributed by atoms with Crippen molar-refractivity contribution in [3.05, 3.63) is 29.3 Å². The second-order valence-corrected chi connectivity index (χ2v) is 7.41. The lowest BCUT2D eigenvalue weighted by Crippen LogP contribution is -2.53. The van der Waals surface area contributed by atoms with E-state index in [1.54, 1.807) is 12.1 Å². The number of hydrogen-bond acceptors (Lipinski definition) is 7. The fraction of sp³-hybridized carbons (Fsp3) is 0.462. The average Bonchev–Trinajstić information content (AvgIpc) is 2.53. The first-order valence-corrected chi connectivity index (χ1v) is 8.92. The molecule has 1 aliphatic rings. The number of amides is 1. The fourth-order valence-electron chi connectivity index (χ4n) is 2.38. The molecule has 132 valence electrons. The lowest BCUT2D eigenvalue weighted by Gasteiger charge is -2.29. The predicted octanol–water partition coefficient (Wildman–Crippen LogP) is -1.95. The zero-order valence-electron chi connectivity index (χ0n) is 13.0. The molecule has 1 aromatic rings. The van der Waals surface area contributed by atoms with Crippen LogP contribution in [0.4, 0.5) is 0 Å². The van der Waals surface area contributed by atoms with Crippen molar-refractivity contribution in [2.24, 2.45) is 0 Å². The number of benzene rings is 1. The van der Waals surface area contributed by atoms with E-state index in [4.69, 9.17) is 4.65 Å². The Morgan fingerprint density at radius 1 is 1.46 bits per heavy atom. The van der Waals surface area contributed by atoms with E-state index in [1.807, 2.05) is 0 Å². The molecule has 0 saturated heterocycles. The fourth-order valence-corrected chi connectivity index (χ4v) is 3.04. The molecule has 1 heterocycles. The summed E-state index contributed by atoms with van der Waals surface area (Å²) in [6.45, 7) is 0. The van der Waals surface area contributed by atoms with Gasteiger partial charge in [0.15, 0.2) is 6.29 Å². The Labute approximate surface area is 139 Å². The van der Waals surface area contributed by atoms with Gasteiger partial charge in [0, 0.05) is 12.0 Å². The Bertz CT molecular complexity index is 710. The van der Waals surface area contributed by atoms with Gasteiger partial charge >= 0.3 is 7.12 Å². The monoisotopic (exact) mass is 358 g/mol. The molecular formula is C13H19BN2O7S. The van der Waals surface area contributed by atoms with Gasteiger partial charge in [-0.05, 0) is 19.0 Å². The summed E-state index contributed by atoms with van der Waals surface area (Å²) in [5.74, 6) is -1.50. The van der Waals surface area contributed by atoms with Crippen LogP contribution in [0.5, 0.6) is 5.75 Å². The molecule has 0 radical (unpaired) electrons. The van der Waals surface area contributed by atoms with Crippen LogP contribution < -0.4 is 14.7 Å². The molecular weight excluding hydrogens is 339 g/mol. The number of sulfonamides is 1. The second kappa shape index (κ2) is 7.49. The average molecular weight is 358 g/mol. The third-order valence-electron chi connectivity index (χ3n) is 3.68. The molecule has 2 rings (SSSR count). The van der Waals surface area contributed by atoms with Crippen LogP contribution in [0.3, 0.4) is 0 Å². The van der Waals surface area contributed by atoms with Crippen molar-refractivity contribution < 1.29 is 33.1 Å². The Morgan fingerprint density at radius 2 is 2.17 bits per heavy atom. The number of para-hydroxylation sites is 1. The number of rotatable bonds is 6. The Balaban J connectivity index is 2.04. The quantitative estimate of drug-likeness (QED) is 0.293. The molecule has 1 amide bonds. The van der Waals surface area contributed by atoms with Crippen LogP contribution in [-0.2, 0) is 21.2 Å². The van der Waals surface area contributed by atoms with Gasteiger partial charge in [0.1, 0.15) is 5.75 Å². The topological polar surface area (TPSA) is 145 Å². The van der Waals surface area contributed by atoms with Crippen LogP contribution in [-0.4, -0.2) is 55.4 Å². The minimum absolute atomic E-state index is 0.122. The van der Waals surface area contributed by atoms with Crippen molar-refractivity contribution >= 4 is 23.0 Å². The Morgan fingerprint density at radius 3 is 2.79 bits per heavy atom. The highest BCUT2D eigenvalue weighted by Gasteiger charge is 2.37. The van der Waals surface area contributed by atoms with Gasteiger partial charge in [0.25, 0.3) is 0 Å². The van der Waals surface area contributed by atoms with E-state index in [0.29, 0.717) is 5.56 Å². The first kappa shape index (κ1) is 18.7. The summed E-state index contributed by atoms with van der Waals surface area (Å²) in [5.41, 5.74) is 0.718. The molecule has 1 atom stereocenters. The highest BCUT2D eigenvalue weighted by atomic mass is 32.2. The van der Waals surface area contributed by atoms with Gasteiger partial charge in [-0.15, -0.1) is 0 Å². The third-order valence-corrected chi connectivity index (χ3v) is 5.05. The molecule has 0 aromatic heterocycles. The number of carbonyl (C=O) groups is 1. The van der Waals surface area contributed by atoms with Gasteiger partial charge in [-0.25, -0.2) is 13.1 Å². The molecule has 9 nitrogen and oxygen atoms in total. The van der Waals surface area contributed by atoms with E-state index < -0.39 is 35.3 Å². The number of nitrogens with one attached hydrogen (secondary N) is 2. The van der Waals surface area contributed by atoms with Gasteiger partial charge in [-0.1, -0.05) is 18.2 Å². The highest BCUT2D eigenvalue weighted by Crippen LogP contribution is 2.32. The summed E-state index contributed by atoms with van der Waals surface area (Å²) >= 11 is 0. The van der Waals surface area contributed by atoms with Crippen LogP contribution in [0.15, 0.2) is 18.2 Å². The summed E-state index contributed by atoms with van der Waals surface area (Å²) in [4.78, 5) is 11.9. The molecule has 0 saturated carbocycles. The number of carbonyl (C=O) groups excluding carboxylic acids is 1. The third kappa shape index (κ3) is 4.45. The summed E-state index contributed by atoms with van der Waals surface area (Å²) < 4.78 is 30.0. The zero-order valence-corrected chi connectivity index (χ0v) is 13.8. The minimum atomic E-state index is -3.49. The molecule has 1 aliphatic heterocycles. The van der Waals surface area contributed by atoms with Crippen molar-refractivity contribution in [3.8, 4) is 5.75 Å². The molecule has 1 aromatic carbocycles. The molecule has 0 unspecified atom stereocenters. The first-order chi connectivity index (χ1) is 11.2. The van der Waals surface area contributed by atoms with E-state index in [2.05, 4.69) is 10.0 Å². The van der Waals surface area contributed by atoms with E-state index in [0.717, 1.165) is 0 Å². The zero-order chi connectivity index (χ0) is 17.9. The maximum atomic E-state index is 11.9. The molecule has 11 heteroatoms. The summed E-state index contributed by atoms with van der Waals surface area (Å²) in [5, 5.41) is 31.2. The van der Waals surface area contributed by atoms with Crippen molar-refractivity contribution in [1.82, 2.24) is 10.0 Å². The van der Waals surface area contributed by atoms with E-state index >= 15 is 0 Å². The molecule has 5 N–H and O–H groups in total. The van der Waals surface area contributed by atoms with Crippen LogP contribution in [0.1, 0.15) is 23.8 Å². The largest absolute Gasteiger partial charge is 0.547 e. The van der Waals surface area contributed by atoms with Gasteiger partial charge in [-0.2, -0.15) is 0 Å². The first-order valence-electron chi connectivity index (χ1n) is 7.26. The van der Waals surface area contributed by atoms with Crippen LogP contribution in [0.25, 0.3) is 0 Å². The van der Waals surface area contributed by atoms with E-state index in [1.165, 1.54) is 13.1 Å². The molecule has 24 heavy (non-hydrogen) atoms. The number of aliphatic hydroxyl groups excluding tert-OH is 1. The SMILES string of the molecule is CNS(=O)(=O)CCC(=O)N[C@H]1Cc2cccc(C(O)O)c2OB1O. The summed E-state index contributed by atoms with van der Waals surface area (Å²) in [6.07, 6.45) is -1.79.